The molecule has 1 amide bonds. The Morgan fingerprint density at radius 2 is 1.66 bits per heavy atom. The van der Waals surface area contributed by atoms with Crippen LogP contribution in [0.1, 0.15) is 32.6 Å². The van der Waals surface area contributed by atoms with E-state index in [1.165, 1.54) is 4.31 Å². The number of carbonyl (C=O) groups is 1. The summed E-state index contributed by atoms with van der Waals surface area (Å²) in [6.45, 7) is 3.01. The van der Waals surface area contributed by atoms with Crippen molar-refractivity contribution in [3.63, 3.8) is 0 Å². The lowest BCUT2D eigenvalue weighted by molar-refractivity contribution is -0.122. The average molecular weight is 453 g/mol. The van der Waals surface area contributed by atoms with E-state index in [2.05, 4.69) is 5.32 Å². The highest BCUT2D eigenvalue weighted by molar-refractivity contribution is 7.89. The predicted octanol–water partition coefficient (Wildman–Crippen LogP) is 4.81. The SMILES string of the molecule is CC[C@H](Oc1cccc2ccccc12)C(=O)Nc1ccc(S(=O)(=O)N2CCCCC2)cc1. The topological polar surface area (TPSA) is 75.7 Å². The summed E-state index contributed by atoms with van der Waals surface area (Å²) in [5, 5.41) is 4.85. The van der Waals surface area contributed by atoms with Crippen LogP contribution in [0.2, 0.25) is 0 Å². The first kappa shape index (κ1) is 22.3. The van der Waals surface area contributed by atoms with Gasteiger partial charge in [0.1, 0.15) is 5.75 Å². The van der Waals surface area contributed by atoms with E-state index in [0.29, 0.717) is 30.9 Å². The van der Waals surface area contributed by atoms with Crippen LogP contribution < -0.4 is 10.1 Å². The molecule has 0 aliphatic carbocycles. The maximum atomic E-state index is 12.9. The second-order valence-corrected chi connectivity index (χ2v) is 9.91. The van der Waals surface area contributed by atoms with Gasteiger partial charge in [-0.25, -0.2) is 8.42 Å². The molecule has 1 N–H and O–H groups in total. The number of amides is 1. The third-order valence-electron chi connectivity index (χ3n) is 5.76. The van der Waals surface area contributed by atoms with E-state index >= 15 is 0 Å². The number of rotatable bonds is 7. The summed E-state index contributed by atoms with van der Waals surface area (Å²) in [7, 11) is -3.49. The van der Waals surface area contributed by atoms with Crippen molar-refractivity contribution in [2.45, 2.75) is 43.6 Å². The van der Waals surface area contributed by atoms with Gasteiger partial charge in [0.05, 0.1) is 4.90 Å². The molecule has 32 heavy (non-hydrogen) atoms. The Balaban J connectivity index is 1.45. The van der Waals surface area contributed by atoms with Crippen molar-refractivity contribution in [3.05, 3.63) is 66.7 Å². The standard InChI is InChI=1S/C25H28N2O4S/c1-2-23(31-24-12-8-10-19-9-4-5-11-22(19)24)25(28)26-20-13-15-21(16-14-20)32(29,30)27-17-6-3-7-18-27/h4-5,8-16,23H,2-3,6-7,17-18H2,1H3,(H,26,28)/t23-/m0/s1. The second-order valence-electron chi connectivity index (χ2n) is 7.97. The summed E-state index contributed by atoms with van der Waals surface area (Å²) in [6, 6.07) is 20.0. The van der Waals surface area contributed by atoms with Crippen molar-refractivity contribution in [3.8, 4) is 5.75 Å². The Morgan fingerprint density at radius 1 is 0.969 bits per heavy atom. The van der Waals surface area contributed by atoms with Gasteiger partial charge in [-0.2, -0.15) is 4.31 Å². The lowest BCUT2D eigenvalue weighted by Crippen LogP contribution is -2.35. The number of piperidine rings is 1. The van der Waals surface area contributed by atoms with Crippen molar-refractivity contribution >= 4 is 32.4 Å². The first-order valence-corrected chi connectivity index (χ1v) is 12.5. The number of benzene rings is 3. The molecule has 7 heteroatoms. The zero-order chi connectivity index (χ0) is 22.6. The number of hydrogen-bond donors (Lipinski definition) is 1. The van der Waals surface area contributed by atoms with Gasteiger partial charge in [0.25, 0.3) is 5.91 Å². The first-order valence-electron chi connectivity index (χ1n) is 11.0. The summed E-state index contributed by atoms with van der Waals surface area (Å²) < 4.78 is 33.2. The summed E-state index contributed by atoms with van der Waals surface area (Å²) >= 11 is 0. The highest BCUT2D eigenvalue weighted by Crippen LogP contribution is 2.27. The molecule has 1 aliphatic rings. The molecule has 1 saturated heterocycles. The van der Waals surface area contributed by atoms with E-state index in [4.69, 9.17) is 4.74 Å². The van der Waals surface area contributed by atoms with Gasteiger partial charge < -0.3 is 10.1 Å². The fourth-order valence-electron chi connectivity index (χ4n) is 3.96. The van der Waals surface area contributed by atoms with E-state index in [9.17, 15) is 13.2 Å². The van der Waals surface area contributed by atoms with Gasteiger partial charge >= 0.3 is 0 Å². The molecule has 0 aromatic heterocycles. The van der Waals surface area contributed by atoms with Gasteiger partial charge in [0.15, 0.2) is 6.10 Å². The van der Waals surface area contributed by atoms with Gasteiger partial charge in [-0.15, -0.1) is 0 Å². The molecule has 0 unspecified atom stereocenters. The summed E-state index contributed by atoms with van der Waals surface area (Å²) in [5.41, 5.74) is 0.535. The van der Waals surface area contributed by atoms with Gasteiger partial charge in [-0.05, 0) is 55.0 Å². The van der Waals surface area contributed by atoms with E-state index in [-0.39, 0.29) is 10.8 Å². The van der Waals surface area contributed by atoms with Crippen LogP contribution in [-0.2, 0) is 14.8 Å². The molecule has 4 rings (SSSR count). The number of sulfonamides is 1. The van der Waals surface area contributed by atoms with E-state index < -0.39 is 16.1 Å². The second kappa shape index (κ2) is 9.71. The molecule has 0 radical (unpaired) electrons. The van der Waals surface area contributed by atoms with Crippen LogP contribution in [0.4, 0.5) is 5.69 Å². The van der Waals surface area contributed by atoms with E-state index in [1.807, 2.05) is 49.4 Å². The Bertz CT molecular complexity index is 1180. The Labute approximate surface area is 189 Å². The lowest BCUT2D eigenvalue weighted by atomic mass is 10.1. The number of nitrogens with one attached hydrogen (secondary N) is 1. The van der Waals surface area contributed by atoms with Crippen molar-refractivity contribution in [1.82, 2.24) is 4.31 Å². The Kier molecular flexibility index (Phi) is 6.77. The largest absolute Gasteiger partial charge is 0.480 e. The van der Waals surface area contributed by atoms with Crippen LogP contribution in [0.3, 0.4) is 0 Å². The number of anilines is 1. The predicted molar refractivity (Wildman–Crippen MR) is 126 cm³/mol. The third-order valence-corrected chi connectivity index (χ3v) is 7.67. The van der Waals surface area contributed by atoms with E-state index in [1.54, 1.807) is 24.3 Å². The Morgan fingerprint density at radius 3 is 2.38 bits per heavy atom. The molecule has 6 nitrogen and oxygen atoms in total. The van der Waals surface area contributed by atoms with Crippen molar-refractivity contribution in [2.75, 3.05) is 18.4 Å². The quantitative estimate of drug-likeness (QED) is 0.558. The zero-order valence-corrected chi connectivity index (χ0v) is 19.0. The molecule has 0 saturated carbocycles. The third kappa shape index (κ3) is 4.79. The average Bonchev–Trinajstić information content (AvgIpc) is 2.83. The van der Waals surface area contributed by atoms with E-state index in [0.717, 1.165) is 30.0 Å². The van der Waals surface area contributed by atoms with Crippen LogP contribution in [0, 0.1) is 0 Å². The number of nitrogens with zero attached hydrogens (tertiary/aromatic N) is 1. The molecule has 3 aromatic carbocycles. The van der Waals surface area contributed by atoms with Gasteiger partial charge in [0, 0.05) is 24.2 Å². The van der Waals surface area contributed by atoms with Crippen LogP contribution in [0.25, 0.3) is 10.8 Å². The number of fused-ring (bicyclic) bond motifs is 1. The Hall–Kier alpha value is -2.90. The normalized spacial score (nSPS) is 15.9. The van der Waals surface area contributed by atoms with Gasteiger partial charge in [0.2, 0.25) is 10.0 Å². The molecule has 1 fully saturated rings. The fourth-order valence-corrected chi connectivity index (χ4v) is 5.48. The zero-order valence-electron chi connectivity index (χ0n) is 18.2. The van der Waals surface area contributed by atoms with Crippen LogP contribution >= 0.6 is 0 Å². The minimum absolute atomic E-state index is 0.247. The first-order chi connectivity index (χ1) is 15.5. The summed E-state index contributed by atoms with van der Waals surface area (Å²) in [5.74, 6) is 0.389. The van der Waals surface area contributed by atoms with Crippen molar-refractivity contribution in [1.29, 1.82) is 0 Å². The highest BCUT2D eigenvalue weighted by Gasteiger charge is 2.26. The van der Waals surface area contributed by atoms with Crippen molar-refractivity contribution in [2.24, 2.45) is 0 Å². The van der Waals surface area contributed by atoms with Crippen LogP contribution in [0.5, 0.6) is 5.75 Å². The molecule has 1 aliphatic heterocycles. The van der Waals surface area contributed by atoms with Crippen molar-refractivity contribution < 1.29 is 17.9 Å². The maximum Gasteiger partial charge on any atom is 0.265 e. The molecular weight excluding hydrogens is 424 g/mol. The summed E-state index contributed by atoms with van der Waals surface area (Å²) in [4.78, 5) is 13.1. The molecule has 3 aromatic rings. The molecule has 0 bridgehead atoms. The minimum Gasteiger partial charge on any atom is -0.480 e. The number of carbonyl (C=O) groups excluding carboxylic acids is 1. The lowest BCUT2D eigenvalue weighted by Gasteiger charge is -2.26. The highest BCUT2D eigenvalue weighted by atomic mass is 32.2. The fraction of sp³-hybridized carbons (Fsp3) is 0.320. The molecule has 1 atom stereocenters. The van der Waals surface area contributed by atoms with Crippen LogP contribution in [0.15, 0.2) is 71.6 Å². The molecule has 168 valence electrons. The monoisotopic (exact) mass is 452 g/mol. The summed E-state index contributed by atoms with van der Waals surface area (Å²) in [6.07, 6.45) is 2.68. The molecule has 0 spiro atoms. The van der Waals surface area contributed by atoms with Crippen LogP contribution in [-0.4, -0.2) is 37.8 Å². The number of ether oxygens (including phenoxy) is 1. The minimum atomic E-state index is -3.49. The molecular formula is C25H28N2O4S. The van der Waals surface area contributed by atoms with Gasteiger partial charge in [-0.3, -0.25) is 4.79 Å². The smallest absolute Gasteiger partial charge is 0.265 e. The number of hydrogen-bond acceptors (Lipinski definition) is 4. The molecule has 1 heterocycles. The van der Waals surface area contributed by atoms with Gasteiger partial charge in [-0.1, -0.05) is 49.7 Å². The maximum absolute atomic E-state index is 12.9.